The average molecular weight is 325 g/mol. The Labute approximate surface area is 137 Å². The minimum absolute atomic E-state index is 0.0498. The molecule has 0 spiro atoms. The van der Waals surface area contributed by atoms with Gasteiger partial charge in [-0.15, -0.1) is 0 Å². The highest BCUT2D eigenvalue weighted by Gasteiger charge is 2.14. The first-order valence-corrected chi connectivity index (χ1v) is 7.27. The van der Waals surface area contributed by atoms with Crippen molar-refractivity contribution in [1.82, 2.24) is 9.89 Å². The van der Waals surface area contributed by atoms with Crippen LogP contribution in [0.25, 0.3) is 0 Å². The van der Waals surface area contributed by atoms with Gasteiger partial charge in [-0.25, -0.2) is 0 Å². The molecule has 24 heavy (non-hydrogen) atoms. The first-order chi connectivity index (χ1) is 11.6. The van der Waals surface area contributed by atoms with E-state index in [9.17, 15) is 9.59 Å². The number of aromatic nitrogens is 2. The zero-order chi connectivity index (χ0) is 16.9. The second kappa shape index (κ2) is 6.82. The molecule has 0 saturated carbocycles. The number of nitrogens with zero attached hydrogens (tertiary/aromatic N) is 2. The minimum Gasteiger partial charge on any atom is -0.406 e. The van der Waals surface area contributed by atoms with E-state index in [1.54, 1.807) is 19.1 Å². The average Bonchev–Trinajstić information content (AvgIpc) is 2.99. The Morgan fingerprint density at radius 1 is 1.25 bits per heavy atom. The molecule has 2 heterocycles. The number of pyridine rings is 1. The van der Waals surface area contributed by atoms with Crippen LogP contribution >= 0.6 is 0 Å². The van der Waals surface area contributed by atoms with Crippen LogP contribution in [0.3, 0.4) is 0 Å². The summed E-state index contributed by atoms with van der Waals surface area (Å²) in [6.07, 6.45) is 1.46. The highest BCUT2D eigenvalue weighted by molar-refractivity contribution is 6.03. The Balaban J connectivity index is 1.75. The monoisotopic (exact) mass is 325 g/mol. The van der Waals surface area contributed by atoms with Gasteiger partial charge in [0.2, 0.25) is 0 Å². The third-order valence-corrected chi connectivity index (χ3v) is 3.24. The molecule has 7 nitrogen and oxygen atoms in total. The maximum absolute atomic E-state index is 12.4. The summed E-state index contributed by atoms with van der Waals surface area (Å²) in [5.74, 6) is 0.227. The molecule has 122 valence electrons. The van der Waals surface area contributed by atoms with E-state index in [2.05, 4.69) is 10.5 Å². The van der Waals surface area contributed by atoms with Crippen LogP contribution in [-0.2, 0) is 6.61 Å². The lowest BCUT2D eigenvalue weighted by atomic mass is 10.2. The Morgan fingerprint density at radius 3 is 2.75 bits per heavy atom. The standard InChI is InChI=1S/C17H15N3O4/c1-12-10-15(19-24-12)18-16(21)14-8-5-9-20(17(14)22)23-11-13-6-3-2-4-7-13/h2-10H,11H2,1H3,(H,18,19,21). The first kappa shape index (κ1) is 15.5. The van der Waals surface area contributed by atoms with Gasteiger partial charge in [-0.1, -0.05) is 35.5 Å². The number of rotatable bonds is 5. The number of hydrogen-bond acceptors (Lipinski definition) is 5. The summed E-state index contributed by atoms with van der Waals surface area (Å²) in [5.41, 5.74) is 0.315. The van der Waals surface area contributed by atoms with E-state index in [1.165, 1.54) is 12.3 Å². The highest BCUT2D eigenvalue weighted by Crippen LogP contribution is 2.08. The number of carbonyl (C=O) groups excluding carboxylic acids is 1. The van der Waals surface area contributed by atoms with Gasteiger partial charge in [-0.3, -0.25) is 9.59 Å². The van der Waals surface area contributed by atoms with Crippen LogP contribution in [0, 0.1) is 6.92 Å². The lowest BCUT2D eigenvalue weighted by Crippen LogP contribution is -2.32. The molecule has 0 unspecified atom stereocenters. The van der Waals surface area contributed by atoms with Gasteiger partial charge in [0.15, 0.2) is 5.82 Å². The second-order valence-corrected chi connectivity index (χ2v) is 5.09. The van der Waals surface area contributed by atoms with Crippen molar-refractivity contribution in [1.29, 1.82) is 0 Å². The molecule has 2 aromatic heterocycles. The molecule has 0 radical (unpaired) electrons. The van der Waals surface area contributed by atoms with Crippen molar-refractivity contribution in [3.05, 3.63) is 82.0 Å². The van der Waals surface area contributed by atoms with E-state index in [0.717, 1.165) is 10.3 Å². The normalized spacial score (nSPS) is 10.4. The number of benzene rings is 1. The molecule has 0 aliphatic rings. The van der Waals surface area contributed by atoms with Crippen molar-refractivity contribution >= 4 is 11.7 Å². The smallest absolute Gasteiger partial charge is 0.295 e. The predicted octanol–water partition coefficient (Wildman–Crippen LogP) is 2.03. The number of carbonyl (C=O) groups is 1. The third kappa shape index (κ3) is 3.52. The largest absolute Gasteiger partial charge is 0.406 e. The summed E-state index contributed by atoms with van der Waals surface area (Å²) in [6, 6.07) is 14.0. The molecule has 0 saturated heterocycles. The number of amides is 1. The summed E-state index contributed by atoms with van der Waals surface area (Å²) in [6.45, 7) is 1.92. The molecule has 0 bridgehead atoms. The van der Waals surface area contributed by atoms with E-state index in [0.29, 0.717) is 5.76 Å². The van der Waals surface area contributed by atoms with Gasteiger partial charge in [-0.2, -0.15) is 4.73 Å². The van der Waals surface area contributed by atoms with Crippen molar-refractivity contribution in [2.75, 3.05) is 5.32 Å². The maximum atomic E-state index is 12.4. The molecule has 0 aliphatic carbocycles. The second-order valence-electron chi connectivity index (χ2n) is 5.09. The molecular weight excluding hydrogens is 310 g/mol. The molecular formula is C17H15N3O4. The van der Waals surface area contributed by atoms with Crippen LogP contribution in [0.1, 0.15) is 21.7 Å². The topological polar surface area (TPSA) is 86.4 Å². The van der Waals surface area contributed by atoms with Gasteiger partial charge < -0.3 is 14.7 Å². The molecule has 1 N–H and O–H groups in total. The Bertz CT molecular complexity index is 899. The van der Waals surface area contributed by atoms with Crippen molar-refractivity contribution in [3.8, 4) is 0 Å². The molecule has 3 rings (SSSR count). The zero-order valence-electron chi connectivity index (χ0n) is 12.9. The summed E-state index contributed by atoms with van der Waals surface area (Å²) in [4.78, 5) is 30.0. The maximum Gasteiger partial charge on any atom is 0.295 e. The molecule has 0 fully saturated rings. The predicted molar refractivity (Wildman–Crippen MR) is 86.6 cm³/mol. The molecule has 0 atom stereocenters. The number of nitrogens with one attached hydrogen (secondary N) is 1. The van der Waals surface area contributed by atoms with Crippen LogP contribution in [0.2, 0.25) is 0 Å². The fourth-order valence-electron chi connectivity index (χ4n) is 2.08. The fraction of sp³-hybridized carbons (Fsp3) is 0.118. The Hall–Kier alpha value is -3.35. The van der Waals surface area contributed by atoms with E-state index in [1.807, 2.05) is 30.3 Å². The summed E-state index contributed by atoms with van der Waals surface area (Å²) >= 11 is 0. The van der Waals surface area contributed by atoms with E-state index in [4.69, 9.17) is 9.36 Å². The lowest BCUT2D eigenvalue weighted by Gasteiger charge is -2.09. The number of anilines is 1. The third-order valence-electron chi connectivity index (χ3n) is 3.24. The van der Waals surface area contributed by atoms with Crippen LogP contribution in [-0.4, -0.2) is 15.8 Å². The van der Waals surface area contributed by atoms with Gasteiger partial charge in [0, 0.05) is 12.3 Å². The number of aryl methyl sites for hydroxylation is 1. The highest BCUT2D eigenvalue weighted by atomic mass is 16.7. The molecule has 7 heteroatoms. The van der Waals surface area contributed by atoms with E-state index >= 15 is 0 Å². The summed E-state index contributed by atoms with van der Waals surface area (Å²) in [7, 11) is 0. The van der Waals surface area contributed by atoms with Crippen molar-refractivity contribution < 1.29 is 14.2 Å². The zero-order valence-corrected chi connectivity index (χ0v) is 12.9. The van der Waals surface area contributed by atoms with Crippen molar-refractivity contribution in [3.63, 3.8) is 0 Å². The number of hydrogen-bond donors (Lipinski definition) is 1. The van der Waals surface area contributed by atoms with Gasteiger partial charge in [0.1, 0.15) is 17.9 Å². The SMILES string of the molecule is Cc1cc(NC(=O)c2cccn(OCc3ccccc3)c2=O)no1. The van der Waals surface area contributed by atoms with Crippen LogP contribution in [0.5, 0.6) is 0 Å². The van der Waals surface area contributed by atoms with Crippen molar-refractivity contribution in [2.24, 2.45) is 0 Å². The molecule has 1 aromatic carbocycles. The van der Waals surface area contributed by atoms with Crippen LogP contribution in [0.15, 0.2) is 64.0 Å². The van der Waals surface area contributed by atoms with E-state index < -0.39 is 11.5 Å². The summed E-state index contributed by atoms with van der Waals surface area (Å²) in [5, 5.41) is 6.17. The van der Waals surface area contributed by atoms with Crippen molar-refractivity contribution in [2.45, 2.75) is 13.5 Å². The van der Waals surface area contributed by atoms with Gasteiger partial charge >= 0.3 is 0 Å². The fourth-order valence-corrected chi connectivity index (χ4v) is 2.08. The first-order valence-electron chi connectivity index (χ1n) is 7.27. The quantitative estimate of drug-likeness (QED) is 0.775. The van der Waals surface area contributed by atoms with Crippen LogP contribution in [0.4, 0.5) is 5.82 Å². The van der Waals surface area contributed by atoms with Crippen LogP contribution < -0.4 is 15.7 Å². The molecule has 1 amide bonds. The lowest BCUT2D eigenvalue weighted by molar-refractivity contribution is 0.0863. The Morgan fingerprint density at radius 2 is 2.04 bits per heavy atom. The minimum atomic E-state index is -0.578. The van der Waals surface area contributed by atoms with Gasteiger partial charge in [0.05, 0.1) is 0 Å². The van der Waals surface area contributed by atoms with Gasteiger partial charge in [0.25, 0.3) is 11.5 Å². The molecule has 3 aromatic rings. The molecule has 0 aliphatic heterocycles. The van der Waals surface area contributed by atoms with E-state index in [-0.39, 0.29) is 18.0 Å². The summed E-state index contributed by atoms with van der Waals surface area (Å²) < 4.78 is 5.91. The Kier molecular flexibility index (Phi) is 4.42. The van der Waals surface area contributed by atoms with Gasteiger partial charge in [-0.05, 0) is 24.6 Å².